The first-order valence-corrected chi connectivity index (χ1v) is 5.96. The summed E-state index contributed by atoms with van der Waals surface area (Å²) in [4.78, 5) is 0. The lowest BCUT2D eigenvalue weighted by atomic mass is 9.97. The second-order valence-corrected chi connectivity index (χ2v) is 4.28. The van der Waals surface area contributed by atoms with Crippen LogP contribution in [-0.4, -0.2) is 5.33 Å². The van der Waals surface area contributed by atoms with Gasteiger partial charge in [-0.2, -0.15) is 0 Å². The lowest BCUT2D eigenvalue weighted by Crippen LogP contribution is -1.95. The average Bonchev–Trinajstić information content (AvgIpc) is 2.11. The molecule has 0 nitrogen and oxygen atoms in total. The van der Waals surface area contributed by atoms with E-state index in [2.05, 4.69) is 48.8 Å². The highest BCUT2D eigenvalue weighted by atomic mass is 79.9. The van der Waals surface area contributed by atoms with Crippen LogP contribution in [0.4, 0.5) is 0 Å². The Bertz CT molecular complexity index is 289. The molecule has 13 heavy (non-hydrogen) atoms. The number of hydrogen-bond acceptors (Lipinski definition) is 0. The molecule has 1 rings (SSSR count). The predicted molar refractivity (Wildman–Crippen MR) is 62.8 cm³/mol. The van der Waals surface area contributed by atoms with Crippen molar-refractivity contribution in [2.75, 3.05) is 5.33 Å². The van der Waals surface area contributed by atoms with Crippen LogP contribution in [0.25, 0.3) is 0 Å². The molecule has 0 amide bonds. The standard InChI is InChI=1S/C12H17Br/c1-4-12-8-11(5-6-13)7-9(2)10(12)3/h7-8H,4-6H2,1-3H3. The van der Waals surface area contributed by atoms with Gasteiger partial charge in [-0.25, -0.2) is 0 Å². The topological polar surface area (TPSA) is 0 Å². The molecule has 0 aliphatic heterocycles. The van der Waals surface area contributed by atoms with Crippen molar-refractivity contribution in [3.63, 3.8) is 0 Å². The van der Waals surface area contributed by atoms with Crippen LogP contribution in [0.1, 0.15) is 29.2 Å². The highest BCUT2D eigenvalue weighted by molar-refractivity contribution is 9.09. The number of alkyl halides is 1. The minimum Gasteiger partial charge on any atom is -0.0924 e. The Kier molecular flexibility index (Phi) is 3.98. The summed E-state index contributed by atoms with van der Waals surface area (Å²) in [6.07, 6.45) is 2.27. The Morgan fingerprint density at radius 2 is 1.92 bits per heavy atom. The molecule has 0 spiro atoms. The Morgan fingerprint density at radius 3 is 2.46 bits per heavy atom. The molecule has 0 aromatic heterocycles. The molecule has 0 unspecified atom stereocenters. The van der Waals surface area contributed by atoms with Gasteiger partial charge < -0.3 is 0 Å². The lowest BCUT2D eigenvalue weighted by molar-refractivity contribution is 1.06. The summed E-state index contributed by atoms with van der Waals surface area (Å²) in [6.45, 7) is 6.64. The molecule has 0 saturated carbocycles. The number of aryl methyl sites for hydroxylation is 3. The van der Waals surface area contributed by atoms with E-state index in [1.54, 1.807) is 0 Å². The number of hydrogen-bond donors (Lipinski definition) is 0. The molecule has 0 radical (unpaired) electrons. The first kappa shape index (κ1) is 10.8. The van der Waals surface area contributed by atoms with E-state index in [0.29, 0.717) is 0 Å². The highest BCUT2D eigenvalue weighted by Crippen LogP contribution is 2.17. The van der Waals surface area contributed by atoms with Crippen molar-refractivity contribution in [2.45, 2.75) is 33.6 Å². The minimum absolute atomic E-state index is 1.05. The van der Waals surface area contributed by atoms with Crippen molar-refractivity contribution >= 4 is 15.9 Å². The second-order valence-electron chi connectivity index (χ2n) is 3.49. The fourth-order valence-corrected chi connectivity index (χ4v) is 2.09. The van der Waals surface area contributed by atoms with Crippen LogP contribution in [0.3, 0.4) is 0 Å². The van der Waals surface area contributed by atoms with Crippen molar-refractivity contribution in [3.05, 3.63) is 34.4 Å². The molecular weight excluding hydrogens is 224 g/mol. The summed E-state index contributed by atoms with van der Waals surface area (Å²) in [5.74, 6) is 0. The maximum atomic E-state index is 3.48. The van der Waals surface area contributed by atoms with Gasteiger partial charge in [-0.1, -0.05) is 35.0 Å². The fraction of sp³-hybridized carbons (Fsp3) is 0.500. The van der Waals surface area contributed by atoms with E-state index in [-0.39, 0.29) is 0 Å². The normalized spacial score (nSPS) is 10.5. The van der Waals surface area contributed by atoms with Crippen molar-refractivity contribution in [3.8, 4) is 0 Å². The Morgan fingerprint density at radius 1 is 1.23 bits per heavy atom. The van der Waals surface area contributed by atoms with Crippen molar-refractivity contribution in [1.29, 1.82) is 0 Å². The first-order chi connectivity index (χ1) is 6.19. The van der Waals surface area contributed by atoms with Crippen molar-refractivity contribution in [2.24, 2.45) is 0 Å². The van der Waals surface area contributed by atoms with Gasteiger partial charge in [0.1, 0.15) is 0 Å². The van der Waals surface area contributed by atoms with Crippen molar-refractivity contribution in [1.82, 2.24) is 0 Å². The molecule has 0 N–H and O–H groups in total. The summed E-state index contributed by atoms with van der Waals surface area (Å²) in [5.41, 5.74) is 5.84. The van der Waals surface area contributed by atoms with Gasteiger partial charge in [0.2, 0.25) is 0 Å². The van der Waals surface area contributed by atoms with E-state index in [9.17, 15) is 0 Å². The minimum atomic E-state index is 1.05. The average molecular weight is 241 g/mol. The van der Waals surface area contributed by atoms with Crippen LogP contribution in [0.5, 0.6) is 0 Å². The molecular formula is C12H17Br. The quantitative estimate of drug-likeness (QED) is 0.706. The molecule has 0 saturated heterocycles. The number of benzene rings is 1. The maximum Gasteiger partial charge on any atom is 0.00718 e. The second kappa shape index (κ2) is 4.80. The predicted octanol–water partition coefficient (Wildman–Crippen LogP) is 3.80. The van der Waals surface area contributed by atoms with Gasteiger partial charge >= 0.3 is 0 Å². The van der Waals surface area contributed by atoms with E-state index >= 15 is 0 Å². The molecule has 0 heterocycles. The van der Waals surface area contributed by atoms with Gasteiger partial charge in [0.15, 0.2) is 0 Å². The van der Waals surface area contributed by atoms with E-state index in [4.69, 9.17) is 0 Å². The summed E-state index contributed by atoms with van der Waals surface area (Å²) in [7, 11) is 0. The van der Waals surface area contributed by atoms with Gasteiger partial charge in [0.05, 0.1) is 0 Å². The van der Waals surface area contributed by atoms with E-state index < -0.39 is 0 Å². The SMILES string of the molecule is CCc1cc(CCBr)cc(C)c1C. The zero-order valence-corrected chi connectivity index (χ0v) is 10.2. The van der Waals surface area contributed by atoms with Gasteiger partial charge in [0.25, 0.3) is 0 Å². The molecule has 1 aromatic rings. The Balaban J connectivity index is 3.06. The summed E-state index contributed by atoms with van der Waals surface area (Å²) < 4.78 is 0. The van der Waals surface area contributed by atoms with E-state index in [1.807, 2.05) is 0 Å². The molecule has 1 aromatic carbocycles. The van der Waals surface area contributed by atoms with Gasteiger partial charge in [-0.3, -0.25) is 0 Å². The van der Waals surface area contributed by atoms with Gasteiger partial charge in [0, 0.05) is 5.33 Å². The first-order valence-electron chi connectivity index (χ1n) is 4.84. The molecule has 0 aliphatic rings. The van der Waals surface area contributed by atoms with Crippen LogP contribution in [0.2, 0.25) is 0 Å². The zero-order chi connectivity index (χ0) is 9.84. The third-order valence-corrected chi connectivity index (χ3v) is 3.00. The largest absolute Gasteiger partial charge is 0.0924 e. The van der Waals surface area contributed by atoms with Crippen LogP contribution in [-0.2, 0) is 12.8 Å². The van der Waals surface area contributed by atoms with Crippen LogP contribution in [0.15, 0.2) is 12.1 Å². The summed E-state index contributed by atoms with van der Waals surface area (Å²) in [6, 6.07) is 4.64. The smallest absolute Gasteiger partial charge is 0.00718 e. The van der Waals surface area contributed by atoms with Gasteiger partial charge in [-0.05, 0) is 48.9 Å². The molecule has 0 atom stereocenters. The number of rotatable bonds is 3. The van der Waals surface area contributed by atoms with Crippen LogP contribution >= 0.6 is 15.9 Å². The fourth-order valence-electron chi connectivity index (χ4n) is 1.63. The van der Waals surface area contributed by atoms with E-state index in [1.165, 1.54) is 22.3 Å². The molecule has 0 bridgehead atoms. The van der Waals surface area contributed by atoms with Gasteiger partial charge in [-0.15, -0.1) is 0 Å². The summed E-state index contributed by atoms with van der Waals surface area (Å²) >= 11 is 3.48. The maximum absolute atomic E-state index is 3.48. The van der Waals surface area contributed by atoms with Crippen molar-refractivity contribution < 1.29 is 0 Å². The van der Waals surface area contributed by atoms with Crippen LogP contribution < -0.4 is 0 Å². The third-order valence-electron chi connectivity index (χ3n) is 2.60. The monoisotopic (exact) mass is 240 g/mol. The lowest BCUT2D eigenvalue weighted by Gasteiger charge is -2.09. The summed E-state index contributed by atoms with van der Waals surface area (Å²) in [5, 5.41) is 1.05. The Labute approximate surface area is 89.5 Å². The van der Waals surface area contributed by atoms with E-state index in [0.717, 1.165) is 18.2 Å². The molecule has 1 heteroatoms. The highest BCUT2D eigenvalue weighted by Gasteiger charge is 2.02. The Hall–Kier alpha value is -0.300. The zero-order valence-electron chi connectivity index (χ0n) is 8.65. The van der Waals surface area contributed by atoms with Crippen LogP contribution in [0, 0.1) is 13.8 Å². The number of halogens is 1. The molecule has 72 valence electrons. The molecule has 0 fully saturated rings. The molecule has 0 aliphatic carbocycles. The third kappa shape index (κ3) is 2.57.